The van der Waals surface area contributed by atoms with Gasteiger partial charge in [-0.3, -0.25) is 9.69 Å². The largest absolute Gasteiger partial charge is 0.384 e. The van der Waals surface area contributed by atoms with Gasteiger partial charge in [-0.05, 0) is 24.4 Å². The molecule has 0 unspecified atom stereocenters. The Balaban J connectivity index is 2.72. The Morgan fingerprint density at radius 3 is 3.00 bits per heavy atom. The zero-order valence-electron chi connectivity index (χ0n) is 11.2. The highest BCUT2D eigenvalue weighted by Crippen LogP contribution is 2.18. The third-order valence-corrected chi connectivity index (χ3v) is 3.53. The summed E-state index contributed by atoms with van der Waals surface area (Å²) >= 11 is 1.61. The van der Waals surface area contributed by atoms with E-state index in [0.717, 1.165) is 29.8 Å². The summed E-state index contributed by atoms with van der Waals surface area (Å²) in [5, 5.41) is 10.7. The molecule has 1 heterocycles. The van der Waals surface area contributed by atoms with E-state index in [1.54, 1.807) is 11.3 Å². The van der Waals surface area contributed by atoms with Gasteiger partial charge < -0.3 is 10.8 Å². The maximum atomic E-state index is 11.1. The first-order chi connectivity index (χ1) is 9.17. The molecular formula is C14H20N2O2S. The van der Waals surface area contributed by atoms with Crippen molar-refractivity contribution in [2.45, 2.75) is 26.3 Å². The monoisotopic (exact) mass is 280 g/mol. The third-order valence-electron chi connectivity index (χ3n) is 2.62. The van der Waals surface area contributed by atoms with Gasteiger partial charge in [-0.25, -0.2) is 0 Å². The minimum atomic E-state index is -0.310. The number of thiophene rings is 1. The van der Waals surface area contributed by atoms with Gasteiger partial charge in [0, 0.05) is 17.0 Å². The van der Waals surface area contributed by atoms with E-state index in [-0.39, 0.29) is 19.1 Å². The van der Waals surface area contributed by atoms with E-state index in [1.165, 1.54) is 0 Å². The van der Waals surface area contributed by atoms with Crippen molar-refractivity contribution in [2.75, 3.05) is 19.7 Å². The molecule has 3 N–H and O–H groups in total. The van der Waals surface area contributed by atoms with Crippen LogP contribution in [-0.2, 0) is 11.3 Å². The highest BCUT2D eigenvalue weighted by atomic mass is 32.1. The topological polar surface area (TPSA) is 66.6 Å². The van der Waals surface area contributed by atoms with Crippen LogP contribution in [0, 0.1) is 11.8 Å². The van der Waals surface area contributed by atoms with Gasteiger partial charge in [-0.2, -0.15) is 0 Å². The fourth-order valence-corrected chi connectivity index (χ4v) is 2.60. The lowest BCUT2D eigenvalue weighted by atomic mass is 10.2. The van der Waals surface area contributed by atoms with Crippen molar-refractivity contribution in [3.63, 3.8) is 0 Å². The Morgan fingerprint density at radius 1 is 1.58 bits per heavy atom. The van der Waals surface area contributed by atoms with E-state index < -0.39 is 0 Å². The molecule has 19 heavy (non-hydrogen) atoms. The van der Waals surface area contributed by atoms with Crippen molar-refractivity contribution in [3.05, 3.63) is 21.9 Å². The number of aliphatic hydroxyl groups excluding tert-OH is 1. The van der Waals surface area contributed by atoms with Gasteiger partial charge in [0.2, 0.25) is 5.91 Å². The number of rotatable bonds is 7. The number of hydrogen-bond acceptors (Lipinski definition) is 4. The van der Waals surface area contributed by atoms with E-state index in [9.17, 15) is 4.79 Å². The van der Waals surface area contributed by atoms with E-state index >= 15 is 0 Å². The molecule has 0 saturated heterocycles. The van der Waals surface area contributed by atoms with Gasteiger partial charge in [0.25, 0.3) is 0 Å². The van der Waals surface area contributed by atoms with Crippen LogP contribution in [0.2, 0.25) is 0 Å². The molecule has 1 amide bonds. The van der Waals surface area contributed by atoms with Gasteiger partial charge in [-0.15, -0.1) is 11.3 Å². The molecule has 0 saturated carbocycles. The number of unbranched alkanes of at least 4 members (excludes halogenated alkanes) is 1. The van der Waals surface area contributed by atoms with Gasteiger partial charge >= 0.3 is 0 Å². The smallest absolute Gasteiger partial charge is 0.231 e. The number of amides is 1. The minimum absolute atomic E-state index is 0.143. The van der Waals surface area contributed by atoms with Gasteiger partial charge in [0.05, 0.1) is 6.54 Å². The number of aliphatic hydroxyl groups is 1. The summed E-state index contributed by atoms with van der Waals surface area (Å²) in [6.45, 7) is 3.77. The average Bonchev–Trinajstić information content (AvgIpc) is 2.80. The molecule has 1 rings (SSSR count). The second-order valence-electron chi connectivity index (χ2n) is 4.25. The summed E-state index contributed by atoms with van der Waals surface area (Å²) in [5.41, 5.74) is 6.20. The Morgan fingerprint density at radius 2 is 2.37 bits per heavy atom. The SMILES string of the molecule is CCCCN(CC(N)=O)Cc1sccc1C#CCO. The predicted molar refractivity (Wildman–Crippen MR) is 77.7 cm³/mol. The molecule has 104 valence electrons. The summed E-state index contributed by atoms with van der Waals surface area (Å²) in [6.07, 6.45) is 2.12. The van der Waals surface area contributed by atoms with E-state index in [0.29, 0.717) is 6.54 Å². The Bertz CT molecular complexity index is 460. The predicted octanol–water partition coefficient (Wildman–Crippen LogP) is 1.18. The lowest BCUT2D eigenvalue weighted by molar-refractivity contribution is -0.119. The van der Waals surface area contributed by atoms with E-state index in [1.807, 2.05) is 16.3 Å². The molecule has 0 aliphatic carbocycles. The molecule has 1 aromatic rings. The first-order valence-electron chi connectivity index (χ1n) is 6.34. The molecule has 0 aliphatic heterocycles. The lowest BCUT2D eigenvalue weighted by Gasteiger charge is -2.19. The van der Waals surface area contributed by atoms with Crippen molar-refractivity contribution in [2.24, 2.45) is 5.73 Å². The maximum Gasteiger partial charge on any atom is 0.231 e. The summed E-state index contributed by atoms with van der Waals surface area (Å²) in [6, 6.07) is 1.94. The molecule has 4 nitrogen and oxygen atoms in total. The first kappa shape index (κ1) is 15.7. The molecule has 0 aliphatic rings. The van der Waals surface area contributed by atoms with Gasteiger partial charge in [0.15, 0.2) is 0 Å². The molecule has 1 aromatic heterocycles. The van der Waals surface area contributed by atoms with Gasteiger partial charge in [-0.1, -0.05) is 25.2 Å². The number of hydrogen-bond donors (Lipinski definition) is 2. The molecule has 0 aromatic carbocycles. The van der Waals surface area contributed by atoms with Crippen LogP contribution in [0.3, 0.4) is 0 Å². The number of carbonyl (C=O) groups excluding carboxylic acids is 1. The van der Waals surface area contributed by atoms with Crippen LogP contribution in [-0.4, -0.2) is 35.6 Å². The zero-order valence-corrected chi connectivity index (χ0v) is 12.0. The van der Waals surface area contributed by atoms with Crippen LogP contribution < -0.4 is 5.73 Å². The van der Waals surface area contributed by atoms with Crippen molar-refractivity contribution < 1.29 is 9.90 Å². The second-order valence-corrected chi connectivity index (χ2v) is 5.25. The van der Waals surface area contributed by atoms with Gasteiger partial charge in [0.1, 0.15) is 6.61 Å². The van der Waals surface area contributed by atoms with Crippen molar-refractivity contribution in [1.82, 2.24) is 4.90 Å². The average molecular weight is 280 g/mol. The van der Waals surface area contributed by atoms with Crippen molar-refractivity contribution in [3.8, 4) is 11.8 Å². The third kappa shape index (κ3) is 5.88. The summed E-state index contributed by atoms with van der Waals surface area (Å²) in [5.74, 6) is 5.27. The molecule has 0 spiro atoms. The van der Waals surface area contributed by atoms with Crippen LogP contribution in [0.4, 0.5) is 0 Å². The normalized spacial score (nSPS) is 10.3. The standard InChI is InChI=1S/C14H20N2O2S/c1-2-3-7-16(11-14(15)18)10-13-12(5-4-8-17)6-9-19-13/h6,9,17H,2-3,7-8,10-11H2,1H3,(H2,15,18). The summed E-state index contributed by atoms with van der Waals surface area (Å²) in [4.78, 5) is 14.2. The van der Waals surface area contributed by atoms with Crippen LogP contribution in [0.1, 0.15) is 30.2 Å². The van der Waals surface area contributed by atoms with E-state index in [2.05, 4.69) is 18.8 Å². The fourth-order valence-electron chi connectivity index (χ4n) is 1.73. The van der Waals surface area contributed by atoms with E-state index in [4.69, 9.17) is 10.8 Å². The highest BCUT2D eigenvalue weighted by Gasteiger charge is 2.11. The van der Waals surface area contributed by atoms with Crippen LogP contribution in [0.25, 0.3) is 0 Å². The minimum Gasteiger partial charge on any atom is -0.384 e. The maximum absolute atomic E-state index is 11.1. The summed E-state index contributed by atoms with van der Waals surface area (Å²) in [7, 11) is 0. The molecular weight excluding hydrogens is 260 g/mol. The van der Waals surface area contributed by atoms with Crippen molar-refractivity contribution >= 4 is 17.2 Å². The summed E-state index contributed by atoms with van der Waals surface area (Å²) < 4.78 is 0. The molecule has 0 fully saturated rings. The van der Waals surface area contributed by atoms with Crippen molar-refractivity contribution in [1.29, 1.82) is 0 Å². The Kier molecular flexibility index (Phi) is 7.19. The zero-order chi connectivity index (χ0) is 14.1. The Hall–Kier alpha value is -1.35. The number of nitrogens with two attached hydrogens (primary N) is 1. The van der Waals surface area contributed by atoms with Crippen LogP contribution >= 0.6 is 11.3 Å². The molecule has 0 radical (unpaired) electrons. The fraction of sp³-hybridized carbons (Fsp3) is 0.500. The van der Waals surface area contributed by atoms with Crippen LogP contribution in [0.5, 0.6) is 0 Å². The molecule has 5 heteroatoms. The van der Waals surface area contributed by atoms with Crippen LogP contribution in [0.15, 0.2) is 11.4 Å². The lowest BCUT2D eigenvalue weighted by Crippen LogP contribution is -2.34. The Labute approximate surface area is 118 Å². The number of carbonyl (C=O) groups is 1. The molecule has 0 atom stereocenters. The first-order valence-corrected chi connectivity index (χ1v) is 7.22. The highest BCUT2D eigenvalue weighted by molar-refractivity contribution is 7.10. The number of nitrogens with zero attached hydrogens (tertiary/aromatic N) is 1. The number of primary amides is 1. The second kappa shape index (κ2) is 8.70. The molecule has 0 bridgehead atoms. The quantitative estimate of drug-likeness (QED) is 0.737.